The Morgan fingerprint density at radius 2 is 1.52 bits per heavy atom. The van der Waals surface area contributed by atoms with E-state index in [9.17, 15) is 9.59 Å². The molecule has 0 radical (unpaired) electrons. The van der Waals surface area contributed by atoms with Gasteiger partial charge in [-0.3, -0.25) is 9.59 Å². The van der Waals surface area contributed by atoms with Crippen LogP contribution >= 0.6 is 11.8 Å². The van der Waals surface area contributed by atoms with Crippen LogP contribution in [0.3, 0.4) is 0 Å². The van der Waals surface area contributed by atoms with E-state index in [4.69, 9.17) is 4.74 Å². The number of thioether (sulfide) groups is 1. The Morgan fingerprint density at radius 1 is 0.871 bits per heavy atom. The monoisotopic (exact) mass is 435 g/mol. The molecular weight excluding hydrogens is 410 g/mol. The van der Waals surface area contributed by atoms with Crippen molar-refractivity contribution in [3.05, 3.63) is 78.4 Å². The van der Waals surface area contributed by atoms with Gasteiger partial charge in [-0.15, -0.1) is 11.8 Å². The van der Waals surface area contributed by atoms with Gasteiger partial charge in [0.05, 0.1) is 13.2 Å². The van der Waals surface area contributed by atoms with E-state index in [1.807, 2.05) is 49.6 Å². The highest BCUT2D eigenvalue weighted by molar-refractivity contribution is 7.98. The maximum Gasteiger partial charge on any atom is 0.255 e. The fourth-order valence-corrected chi connectivity index (χ4v) is 3.46. The summed E-state index contributed by atoms with van der Waals surface area (Å²) in [6.45, 7) is 2.66. The van der Waals surface area contributed by atoms with E-state index in [0.717, 1.165) is 16.3 Å². The number of carbonyl (C=O) groups is 2. The van der Waals surface area contributed by atoms with E-state index in [1.54, 1.807) is 48.2 Å². The molecular formula is C24H25N3O3S. The predicted molar refractivity (Wildman–Crippen MR) is 127 cm³/mol. The van der Waals surface area contributed by atoms with Crippen molar-refractivity contribution >= 4 is 40.6 Å². The van der Waals surface area contributed by atoms with Crippen molar-refractivity contribution in [3.8, 4) is 5.75 Å². The third-order valence-corrected chi connectivity index (χ3v) is 5.20. The lowest BCUT2D eigenvalue weighted by atomic mass is 10.2. The molecule has 0 aromatic heterocycles. The largest absolute Gasteiger partial charge is 0.494 e. The molecule has 0 aliphatic rings. The average Bonchev–Trinajstić information content (AvgIpc) is 2.80. The lowest BCUT2D eigenvalue weighted by Crippen LogP contribution is -2.22. The Morgan fingerprint density at radius 3 is 2.19 bits per heavy atom. The number of anilines is 3. The number of amides is 2. The number of hydrogen-bond acceptors (Lipinski definition) is 5. The van der Waals surface area contributed by atoms with E-state index in [-0.39, 0.29) is 18.4 Å². The summed E-state index contributed by atoms with van der Waals surface area (Å²) >= 11 is 1.62. The smallest absolute Gasteiger partial charge is 0.255 e. The molecule has 0 saturated heterocycles. The topological polar surface area (TPSA) is 79.5 Å². The first-order chi connectivity index (χ1) is 15.1. The lowest BCUT2D eigenvalue weighted by Gasteiger charge is -2.11. The zero-order valence-corrected chi connectivity index (χ0v) is 18.3. The molecule has 6 nitrogen and oxygen atoms in total. The quantitative estimate of drug-likeness (QED) is 0.407. The number of ether oxygens (including phenoxy) is 1. The Balaban J connectivity index is 1.52. The molecule has 7 heteroatoms. The van der Waals surface area contributed by atoms with E-state index >= 15 is 0 Å². The number of benzene rings is 3. The first-order valence-electron chi connectivity index (χ1n) is 9.90. The van der Waals surface area contributed by atoms with Crippen LogP contribution < -0.4 is 20.7 Å². The molecule has 3 aromatic carbocycles. The number of para-hydroxylation sites is 1. The summed E-state index contributed by atoms with van der Waals surface area (Å²) in [7, 11) is 0. The molecule has 3 rings (SSSR count). The standard InChI is InChI=1S/C24H25N3O3S/c1-3-30-20-14-12-19(13-15-20)27-24(29)17-8-10-18(11-9-17)26-23(28)16-25-21-6-4-5-7-22(21)31-2/h4-15,25H,3,16H2,1-2H3,(H,26,28)(H,27,29). The fraction of sp³-hybridized carbons (Fsp3) is 0.167. The maximum absolute atomic E-state index is 12.4. The molecule has 0 bridgehead atoms. The molecule has 0 unspecified atom stereocenters. The minimum absolute atomic E-state index is 0.150. The van der Waals surface area contributed by atoms with Crippen molar-refractivity contribution in [2.24, 2.45) is 0 Å². The fourth-order valence-electron chi connectivity index (χ4n) is 2.88. The molecule has 0 atom stereocenters. The minimum atomic E-state index is -0.225. The zero-order valence-electron chi connectivity index (χ0n) is 17.5. The van der Waals surface area contributed by atoms with Crippen LogP contribution in [0.25, 0.3) is 0 Å². The number of nitrogens with one attached hydrogen (secondary N) is 3. The predicted octanol–water partition coefficient (Wildman–Crippen LogP) is 5.11. The van der Waals surface area contributed by atoms with Gasteiger partial charge in [0.15, 0.2) is 0 Å². The molecule has 2 amide bonds. The molecule has 0 aliphatic carbocycles. The van der Waals surface area contributed by atoms with Crippen molar-refractivity contribution in [2.45, 2.75) is 11.8 Å². The van der Waals surface area contributed by atoms with E-state index in [0.29, 0.717) is 23.5 Å². The van der Waals surface area contributed by atoms with Crippen molar-refractivity contribution in [3.63, 3.8) is 0 Å². The summed E-state index contributed by atoms with van der Waals surface area (Å²) < 4.78 is 5.40. The van der Waals surface area contributed by atoms with Crippen LogP contribution in [-0.2, 0) is 4.79 Å². The minimum Gasteiger partial charge on any atom is -0.494 e. The zero-order chi connectivity index (χ0) is 22.1. The van der Waals surface area contributed by atoms with Gasteiger partial charge < -0.3 is 20.7 Å². The molecule has 31 heavy (non-hydrogen) atoms. The van der Waals surface area contributed by atoms with Gasteiger partial charge in [0.25, 0.3) is 5.91 Å². The molecule has 3 N–H and O–H groups in total. The first kappa shape index (κ1) is 22.2. The average molecular weight is 436 g/mol. The lowest BCUT2D eigenvalue weighted by molar-refractivity contribution is -0.114. The molecule has 3 aromatic rings. The van der Waals surface area contributed by atoms with Crippen LogP contribution in [0.5, 0.6) is 5.75 Å². The summed E-state index contributed by atoms with van der Waals surface area (Å²) in [5, 5.41) is 8.82. The van der Waals surface area contributed by atoms with Gasteiger partial charge in [0, 0.05) is 27.5 Å². The van der Waals surface area contributed by atoms with E-state index < -0.39 is 0 Å². The van der Waals surface area contributed by atoms with Crippen molar-refractivity contribution < 1.29 is 14.3 Å². The van der Waals surface area contributed by atoms with Gasteiger partial charge in [-0.25, -0.2) is 0 Å². The number of hydrogen-bond donors (Lipinski definition) is 3. The van der Waals surface area contributed by atoms with Gasteiger partial charge in [-0.05, 0) is 73.8 Å². The Hall–Kier alpha value is -3.45. The van der Waals surface area contributed by atoms with Crippen LogP contribution in [0.1, 0.15) is 17.3 Å². The SMILES string of the molecule is CCOc1ccc(NC(=O)c2ccc(NC(=O)CNc3ccccc3SC)cc2)cc1. The van der Waals surface area contributed by atoms with Gasteiger partial charge in [-0.2, -0.15) is 0 Å². The van der Waals surface area contributed by atoms with Crippen LogP contribution in [0, 0.1) is 0 Å². The maximum atomic E-state index is 12.4. The Kier molecular flexibility index (Phi) is 7.95. The molecule has 0 aliphatic heterocycles. The number of carbonyl (C=O) groups excluding carboxylic acids is 2. The van der Waals surface area contributed by atoms with Crippen molar-refractivity contribution in [1.82, 2.24) is 0 Å². The summed E-state index contributed by atoms with van der Waals surface area (Å²) in [4.78, 5) is 25.8. The second-order valence-corrected chi connectivity index (χ2v) is 7.44. The number of rotatable bonds is 9. The highest BCUT2D eigenvalue weighted by Crippen LogP contribution is 2.24. The molecule has 160 valence electrons. The summed E-state index contributed by atoms with van der Waals surface area (Å²) in [6.07, 6.45) is 1.99. The van der Waals surface area contributed by atoms with Gasteiger partial charge in [0.1, 0.15) is 5.75 Å². The Labute approximate surface area is 186 Å². The third kappa shape index (κ3) is 6.52. The van der Waals surface area contributed by atoms with E-state index in [1.165, 1.54) is 0 Å². The molecule has 0 fully saturated rings. The van der Waals surface area contributed by atoms with Crippen LogP contribution in [-0.4, -0.2) is 31.2 Å². The van der Waals surface area contributed by atoms with Crippen LogP contribution in [0.2, 0.25) is 0 Å². The first-order valence-corrected chi connectivity index (χ1v) is 11.1. The van der Waals surface area contributed by atoms with Gasteiger partial charge in [-0.1, -0.05) is 12.1 Å². The van der Waals surface area contributed by atoms with Gasteiger partial charge >= 0.3 is 0 Å². The van der Waals surface area contributed by atoms with Crippen molar-refractivity contribution in [2.75, 3.05) is 35.4 Å². The second-order valence-electron chi connectivity index (χ2n) is 6.59. The highest BCUT2D eigenvalue weighted by atomic mass is 32.2. The van der Waals surface area contributed by atoms with Crippen LogP contribution in [0.4, 0.5) is 17.1 Å². The van der Waals surface area contributed by atoms with E-state index in [2.05, 4.69) is 16.0 Å². The molecule has 0 heterocycles. The summed E-state index contributed by atoms with van der Waals surface area (Å²) in [5.74, 6) is 0.367. The molecule has 0 saturated carbocycles. The van der Waals surface area contributed by atoms with Gasteiger partial charge in [0.2, 0.25) is 5.91 Å². The second kappa shape index (κ2) is 11.1. The van der Waals surface area contributed by atoms with Crippen molar-refractivity contribution in [1.29, 1.82) is 0 Å². The summed E-state index contributed by atoms with van der Waals surface area (Å²) in [5.41, 5.74) is 2.73. The Bertz CT molecular complexity index is 1020. The third-order valence-electron chi connectivity index (χ3n) is 4.40. The highest BCUT2D eigenvalue weighted by Gasteiger charge is 2.08. The van der Waals surface area contributed by atoms with Crippen LogP contribution in [0.15, 0.2) is 77.7 Å². The summed E-state index contributed by atoms with van der Waals surface area (Å²) in [6, 6.07) is 21.8. The molecule has 0 spiro atoms. The normalized spacial score (nSPS) is 10.3.